The van der Waals surface area contributed by atoms with Crippen molar-refractivity contribution in [2.24, 2.45) is 5.41 Å². The lowest BCUT2D eigenvalue weighted by atomic mass is 9.75. The van der Waals surface area contributed by atoms with Gasteiger partial charge in [-0.05, 0) is 49.8 Å². The van der Waals surface area contributed by atoms with E-state index >= 15 is 0 Å². The van der Waals surface area contributed by atoms with Crippen molar-refractivity contribution in [2.45, 2.75) is 65.3 Å². The number of esters is 1. The van der Waals surface area contributed by atoms with Crippen molar-refractivity contribution in [3.63, 3.8) is 0 Å². The van der Waals surface area contributed by atoms with Gasteiger partial charge in [-0.15, -0.1) is 0 Å². The van der Waals surface area contributed by atoms with Gasteiger partial charge in [-0.25, -0.2) is 8.42 Å². The number of carbonyl (C=O) groups is 2. The third-order valence-electron chi connectivity index (χ3n) is 5.88. The summed E-state index contributed by atoms with van der Waals surface area (Å²) in [6.07, 6.45) is 2.87. The van der Waals surface area contributed by atoms with Gasteiger partial charge in [-0.2, -0.15) is 0 Å². The predicted molar refractivity (Wildman–Crippen MR) is 123 cm³/mol. The monoisotopic (exact) mass is 457 g/mol. The van der Waals surface area contributed by atoms with E-state index in [1.807, 2.05) is 25.3 Å². The quantitative estimate of drug-likeness (QED) is 0.575. The number of sulfone groups is 1. The van der Waals surface area contributed by atoms with Gasteiger partial charge in [0.25, 0.3) is 0 Å². The van der Waals surface area contributed by atoms with Gasteiger partial charge in [0.05, 0.1) is 11.5 Å². The van der Waals surface area contributed by atoms with Crippen molar-refractivity contribution in [3.8, 4) is 0 Å². The van der Waals surface area contributed by atoms with Gasteiger partial charge in [0, 0.05) is 35.2 Å². The molecule has 172 valence electrons. The van der Waals surface area contributed by atoms with E-state index in [0.29, 0.717) is 30.4 Å². The topological polar surface area (TPSA) is 82.4 Å². The molecule has 1 aliphatic carbocycles. The van der Waals surface area contributed by atoms with Crippen LogP contribution in [0.5, 0.6) is 0 Å². The van der Waals surface area contributed by atoms with Gasteiger partial charge < -0.3 is 9.30 Å². The molecule has 0 saturated heterocycles. The first-order valence-electron chi connectivity index (χ1n) is 10.9. The molecule has 0 unspecified atom stereocenters. The van der Waals surface area contributed by atoms with Crippen molar-refractivity contribution in [1.29, 1.82) is 0 Å². The Morgan fingerprint density at radius 2 is 1.91 bits per heavy atom. The zero-order valence-electron chi connectivity index (χ0n) is 19.4. The van der Waals surface area contributed by atoms with Gasteiger partial charge in [0.2, 0.25) is 0 Å². The largest absolute Gasteiger partial charge is 0.465 e. The van der Waals surface area contributed by atoms with Crippen LogP contribution in [0.2, 0.25) is 0 Å². The number of hydrogen-bond donors (Lipinski definition) is 0. The van der Waals surface area contributed by atoms with E-state index in [2.05, 4.69) is 0 Å². The number of ketones is 1. The fourth-order valence-corrected chi connectivity index (χ4v) is 5.82. The Morgan fingerprint density at radius 3 is 2.56 bits per heavy atom. The van der Waals surface area contributed by atoms with Crippen LogP contribution in [-0.2, 0) is 38.8 Å². The van der Waals surface area contributed by atoms with Crippen molar-refractivity contribution in [1.82, 2.24) is 4.57 Å². The van der Waals surface area contributed by atoms with Crippen LogP contribution in [-0.4, -0.2) is 31.3 Å². The first kappa shape index (κ1) is 24.0. The summed E-state index contributed by atoms with van der Waals surface area (Å²) in [5.41, 5.74) is 3.46. The number of nitrogens with zero attached hydrogens (tertiary/aromatic N) is 1. The zero-order chi connectivity index (χ0) is 23.7. The number of aromatic nitrogens is 1. The number of hydrogen-bond acceptors (Lipinski definition) is 5. The maximum Gasteiger partial charge on any atom is 0.325 e. The van der Waals surface area contributed by atoms with E-state index in [1.54, 1.807) is 38.1 Å². The Balaban J connectivity index is 2.17. The first-order chi connectivity index (χ1) is 15.0. The number of fused-ring (bicyclic) bond motifs is 1. The van der Waals surface area contributed by atoms with E-state index in [9.17, 15) is 18.0 Å². The van der Waals surface area contributed by atoms with Crippen LogP contribution in [0, 0.1) is 12.3 Å². The molecule has 0 fully saturated rings. The molecule has 0 aliphatic heterocycles. The molecule has 0 spiro atoms. The summed E-state index contributed by atoms with van der Waals surface area (Å²) in [5, 5.41) is 1.19. The second-order valence-electron chi connectivity index (χ2n) is 9.02. The van der Waals surface area contributed by atoms with Gasteiger partial charge in [0.15, 0.2) is 15.6 Å². The summed E-state index contributed by atoms with van der Waals surface area (Å²) in [7, 11) is -3.59. The molecule has 1 heterocycles. The number of allylic oxidation sites excluding steroid dienone is 1. The molecule has 2 aromatic rings. The highest BCUT2D eigenvalue weighted by atomic mass is 32.2. The molecule has 1 aromatic carbocycles. The minimum absolute atomic E-state index is 0.0316. The number of benzene rings is 1. The number of Topliss-reactive ketones (excluding diaryl/α,β-unsaturated/α-hetero) is 1. The Kier molecular flexibility index (Phi) is 6.79. The van der Waals surface area contributed by atoms with E-state index in [-0.39, 0.29) is 35.2 Å². The van der Waals surface area contributed by atoms with Crippen LogP contribution < -0.4 is 0 Å². The van der Waals surface area contributed by atoms with Crippen LogP contribution in [0.15, 0.2) is 40.6 Å². The molecule has 6 nitrogen and oxygen atoms in total. The van der Waals surface area contributed by atoms with Gasteiger partial charge in [-0.1, -0.05) is 38.1 Å². The fourth-order valence-electron chi connectivity index (χ4n) is 4.54. The second kappa shape index (κ2) is 9.06. The molecule has 1 aliphatic rings. The van der Waals surface area contributed by atoms with Crippen LogP contribution in [0.4, 0.5) is 0 Å². The van der Waals surface area contributed by atoms with Gasteiger partial charge in [-0.3, -0.25) is 9.59 Å². The van der Waals surface area contributed by atoms with Gasteiger partial charge in [0.1, 0.15) is 6.54 Å². The predicted octanol–water partition coefficient (Wildman–Crippen LogP) is 4.41. The first-order valence-corrected chi connectivity index (χ1v) is 12.4. The van der Waals surface area contributed by atoms with Crippen LogP contribution >= 0.6 is 0 Å². The molecule has 0 bridgehead atoms. The number of carbonyl (C=O) groups excluding carboxylic acids is 2. The molecule has 0 N–H and O–H groups in total. The molecular weight excluding hydrogens is 426 g/mol. The van der Waals surface area contributed by atoms with E-state index in [1.165, 1.54) is 11.5 Å². The van der Waals surface area contributed by atoms with Crippen LogP contribution in [0.1, 0.15) is 67.0 Å². The highest BCUT2D eigenvalue weighted by Crippen LogP contribution is 2.39. The summed E-state index contributed by atoms with van der Waals surface area (Å²) >= 11 is 0. The molecule has 3 rings (SSSR count). The summed E-state index contributed by atoms with van der Waals surface area (Å²) in [4.78, 5) is 25.7. The summed E-state index contributed by atoms with van der Waals surface area (Å²) in [6.45, 7) is 9.72. The molecule has 0 amide bonds. The maximum atomic E-state index is 13.2. The van der Waals surface area contributed by atoms with Crippen molar-refractivity contribution >= 4 is 21.6 Å². The fraction of sp³-hybridized carbons (Fsp3) is 0.440. The molecule has 32 heavy (non-hydrogen) atoms. The summed E-state index contributed by atoms with van der Waals surface area (Å²) in [6, 6.07) is 6.86. The molecule has 0 radical (unpaired) electrons. The highest BCUT2D eigenvalue weighted by molar-refractivity contribution is 7.94. The normalized spacial score (nSPS) is 15.7. The highest BCUT2D eigenvalue weighted by Gasteiger charge is 2.37. The van der Waals surface area contributed by atoms with E-state index in [0.717, 1.165) is 17.0 Å². The third kappa shape index (κ3) is 4.72. The van der Waals surface area contributed by atoms with Crippen molar-refractivity contribution in [2.75, 3.05) is 6.61 Å². The molecule has 0 atom stereocenters. The standard InChI is InChI=1S/C25H31NO5S/c1-6-12-32(29,30)22-11-9-8-10-18(22)13-19-17(3)26(16-23(28)31-7-2)20-14-25(4,5)15-21(27)24(19)20/h6,8-12H,7,13-16H2,1-5H3/b12-6+. The molecule has 0 saturated carbocycles. The Hall–Kier alpha value is -2.67. The minimum atomic E-state index is -3.59. The SMILES string of the molecule is C/C=C/S(=O)(=O)c1ccccc1Cc1c2c(n(CC(=O)OCC)c1C)CC(C)(C)CC2=O. The van der Waals surface area contributed by atoms with Crippen molar-refractivity contribution < 1.29 is 22.7 Å². The lowest BCUT2D eigenvalue weighted by molar-refractivity contribution is -0.143. The smallest absolute Gasteiger partial charge is 0.325 e. The lowest BCUT2D eigenvalue weighted by Gasteiger charge is -2.30. The number of ether oxygens (including phenoxy) is 1. The lowest BCUT2D eigenvalue weighted by Crippen LogP contribution is -2.29. The third-order valence-corrected chi connectivity index (χ3v) is 7.52. The average molecular weight is 458 g/mol. The zero-order valence-corrected chi connectivity index (χ0v) is 20.2. The average Bonchev–Trinajstić information content (AvgIpc) is 2.93. The second-order valence-corrected chi connectivity index (χ2v) is 10.8. The van der Waals surface area contributed by atoms with E-state index < -0.39 is 9.84 Å². The molecule has 1 aromatic heterocycles. The van der Waals surface area contributed by atoms with Crippen LogP contribution in [0.3, 0.4) is 0 Å². The molecular formula is C25H31NO5S. The maximum absolute atomic E-state index is 13.2. The summed E-state index contributed by atoms with van der Waals surface area (Å²) < 4.78 is 32.6. The number of rotatable bonds is 7. The van der Waals surface area contributed by atoms with E-state index in [4.69, 9.17) is 4.74 Å². The Morgan fingerprint density at radius 1 is 1.22 bits per heavy atom. The van der Waals surface area contributed by atoms with Crippen molar-refractivity contribution in [3.05, 3.63) is 63.8 Å². The Labute approximate surface area is 190 Å². The minimum Gasteiger partial charge on any atom is -0.465 e. The Bertz CT molecular complexity index is 1190. The van der Waals surface area contributed by atoms with Crippen LogP contribution in [0.25, 0.3) is 0 Å². The summed E-state index contributed by atoms with van der Waals surface area (Å²) in [5.74, 6) is -0.322. The molecule has 7 heteroatoms. The van der Waals surface area contributed by atoms with Gasteiger partial charge >= 0.3 is 5.97 Å².